The van der Waals surface area contributed by atoms with Crippen LogP contribution in [0.25, 0.3) is 11.4 Å². The molecule has 4 rings (SSSR count). The normalized spacial score (nSPS) is 15.7. The maximum atomic E-state index is 13.5. The summed E-state index contributed by atoms with van der Waals surface area (Å²) in [5.74, 6) is -4.37. The molecule has 35 heavy (non-hydrogen) atoms. The molecule has 2 amide bonds. The number of hydrogen-bond acceptors (Lipinski definition) is 7. The molecule has 1 aliphatic rings. The quantitative estimate of drug-likeness (QED) is 0.536. The predicted octanol–water partition coefficient (Wildman–Crippen LogP) is 4.01. The molecule has 1 atom stereocenters. The van der Waals surface area contributed by atoms with Crippen molar-refractivity contribution in [2.24, 2.45) is 13.0 Å². The average Bonchev–Trinajstić information content (AvgIpc) is 3.14. The first kappa shape index (κ1) is 24.1. The predicted molar refractivity (Wildman–Crippen MR) is 118 cm³/mol. The summed E-state index contributed by atoms with van der Waals surface area (Å²) in [5.41, 5.74) is 1.85. The standard InChI is InChI=1S/C22H22F3N7O3/c1-11-16(6-14(23)9-26-11)12(2)35-21(34)29-19-18(30-31-32(19)3)17-5-4-15(10-27-17)28-20(33)13-7-22(24,25)8-13/h4-6,9-10,12-13H,7-8H2,1-3H3,(H,28,33)(H,29,34)/t12-/m1/s1. The number of aromatic nitrogens is 5. The van der Waals surface area contributed by atoms with Crippen LogP contribution in [0.15, 0.2) is 30.6 Å². The lowest BCUT2D eigenvalue weighted by Gasteiger charge is -2.33. The van der Waals surface area contributed by atoms with E-state index in [0.29, 0.717) is 22.6 Å². The van der Waals surface area contributed by atoms with Gasteiger partial charge in [0, 0.05) is 37.1 Å². The lowest BCUT2D eigenvalue weighted by molar-refractivity contribution is -0.145. The molecule has 3 aromatic rings. The largest absolute Gasteiger partial charge is 0.441 e. The monoisotopic (exact) mass is 489 g/mol. The van der Waals surface area contributed by atoms with Crippen LogP contribution in [0.2, 0.25) is 0 Å². The van der Waals surface area contributed by atoms with E-state index in [-0.39, 0.29) is 11.5 Å². The molecule has 0 aliphatic heterocycles. The molecule has 0 aromatic carbocycles. The Morgan fingerprint density at radius 1 is 1.20 bits per heavy atom. The highest BCUT2D eigenvalue weighted by molar-refractivity contribution is 5.93. The van der Waals surface area contributed by atoms with Gasteiger partial charge in [-0.05, 0) is 32.0 Å². The van der Waals surface area contributed by atoms with Crippen LogP contribution < -0.4 is 10.6 Å². The van der Waals surface area contributed by atoms with Gasteiger partial charge in [-0.1, -0.05) is 5.21 Å². The molecule has 184 valence electrons. The van der Waals surface area contributed by atoms with E-state index in [1.54, 1.807) is 20.9 Å². The van der Waals surface area contributed by atoms with Crippen LogP contribution in [0.4, 0.5) is 29.5 Å². The van der Waals surface area contributed by atoms with Crippen molar-refractivity contribution in [1.29, 1.82) is 0 Å². The maximum absolute atomic E-state index is 13.5. The Labute approximate surface area is 197 Å². The lowest BCUT2D eigenvalue weighted by Crippen LogP contribution is -2.42. The Kier molecular flexibility index (Phi) is 6.41. The average molecular weight is 489 g/mol. The van der Waals surface area contributed by atoms with Gasteiger partial charge in [0.25, 0.3) is 0 Å². The summed E-state index contributed by atoms with van der Waals surface area (Å²) in [6.07, 6.45) is -0.114. The minimum atomic E-state index is -2.79. The first-order valence-electron chi connectivity index (χ1n) is 10.7. The third-order valence-corrected chi connectivity index (χ3v) is 5.60. The van der Waals surface area contributed by atoms with Gasteiger partial charge in [0.2, 0.25) is 11.8 Å². The molecular formula is C22H22F3N7O3. The molecule has 0 unspecified atom stereocenters. The second-order valence-electron chi connectivity index (χ2n) is 8.29. The van der Waals surface area contributed by atoms with Crippen LogP contribution in [0.3, 0.4) is 0 Å². The van der Waals surface area contributed by atoms with E-state index in [1.165, 1.54) is 29.1 Å². The zero-order valence-electron chi connectivity index (χ0n) is 19.1. The van der Waals surface area contributed by atoms with Crippen LogP contribution in [0, 0.1) is 18.7 Å². The van der Waals surface area contributed by atoms with Gasteiger partial charge >= 0.3 is 6.09 Å². The number of pyridine rings is 2. The molecule has 0 radical (unpaired) electrons. The first-order chi connectivity index (χ1) is 16.5. The van der Waals surface area contributed by atoms with E-state index >= 15 is 0 Å². The number of alkyl halides is 2. The minimum Gasteiger partial charge on any atom is -0.441 e. The Bertz CT molecular complexity index is 1260. The van der Waals surface area contributed by atoms with Crippen LogP contribution in [0.5, 0.6) is 0 Å². The van der Waals surface area contributed by atoms with Crippen molar-refractivity contribution in [1.82, 2.24) is 25.0 Å². The van der Waals surface area contributed by atoms with E-state index in [2.05, 4.69) is 30.9 Å². The zero-order valence-corrected chi connectivity index (χ0v) is 19.1. The summed E-state index contributed by atoms with van der Waals surface area (Å²) < 4.78 is 46.2. The summed E-state index contributed by atoms with van der Waals surface area (Å²) in [6, 6.07) is 4.32. The summed E-state index contributed by atoms with van der Waals surface area (Å²) in [4.78, 5) is 32.7. The second kappa shape index (κ2) is 9.31. The SMILES string of the molecule is Cc1ncc(F)cc1[C@@H](C)OC(=O)Nc1c(-c2ccc(NC(=O)C3CC(F)(F)C3)cn2)nnn1C. The Morgan fingerprint density at radius 2 is 1.94 bits per heavy atom. The van der Waals surface area contributed by atoms with E-state index in [4.69, 9.17) is 4.74 Å². The van der Waals surface area contributed by atoms with Gasteiger partial charge in [0.15, 0.2) is 11.5 Å². The number of hydrogen-bond donors (Lipinski definition) is 2. The van der Waals surface area contributed by atoms with Gasteiger partial charge in [-0.2, -0.15) is 0 Å². The van der Waals surface area contributed by atoms with Crippen molar-refractivity contribution >= 4 is 23.5 Å². The van der Waals surface area contributed by atoms with E-state index in [0.717, 1.165) is 6.20 Å². The summed E-state index contributed by atoms with van der Waals surface area (Å²) >= 11 is 0. The molecule has 1 saturated carbocycles. The lowest BCUT2D eigenvalue weighted by atomic mass is 9.81. The molecule has 0 spiro atoms. The fraction of sp³-hybridized carbons (Fsp3) is 0.364. The van der Waals surface area contributed by atoms with Crippen molar-refractivity contribution in [3.8, 4) is 11.4 Å². The number of carbonyl (C=O) groups is 2. The maximum Gasteiger partial charge on any atom is 0.413 e. The number of ether oxygens (including phenoxy) is 1. The van der Waals surface area contributed by atoms with E-state index in [1.807, 2.05) is 0 Å². The molecule has 13 heteroatoms. The Hall–Kier alpha value is -4.03. The summed E-state index contributed by atoms with van der Waals surface area (Å²) in [6.45, 7) is 3.26. The van der Waals surface area contributed by atoms with Crippen LogP contribution >= 0.6 is 0 Å². The Morgan fingerprint density at radius 3 is 2.60 bits per heavy atom. The number of aryl methyl sites for hydroxylation is 2. The number of anilines is 2. The van der Waals surface area contributed by atoms with E-state index < -0.39 is 48.6 Å². The first-order valence-corrected chi connectivity index (χ1v) is 10.7. The number of amides is 2. The molecule has 0 saturated heterocycles. The molecule has 0 bridgehead atoms. The third-order valence-electron chi connectivity index (χ3n) is 5.60. The van der Waals surface area contributed by atoms with E-state index in [9.17, 15) is 22.8 Å². The van der Waals surface area contributed by atoms with Crippen molar-refractivity contribution in [3.63, 3.8) is 0 Å². The highest BCUT2D eigenvalue weighted by Crippen LogP contribution is 2.42. The molecule has 2 N–H and O–H groups in total. The van der Waals surface area contributed by atoms with Gasteiger partial charge in [-0.15, -0.1) is 5.10 Å². The van der Waals surface area contributed by atoms with Crippen LogP contribution in [-0.4, -0.2) is 42.9 Å². The molecular weight excluding hydrogens is 467 g/mol. The minimum absolute atomic E-state index is 0.192. The van der Waals surface area contributed by atoms with Gasteiger partial charge < -0.3 is 10.1 Å². The highest BCUT2D eigenvalue weighted by Gasteiger charge is 2.48. The number of carbonyl (C=O) groups excluding carboxylic acids is 2. The van der Waals surface area contributed by atoms with Crippen molar-refractivity contribution < 1.29 is 27.5 Å². The molecule has 1 aliphatic carbocycles. The zero-order chi connectivity index (χ0) is 25.3. The van der Waals surface area contributed by atoms with Crippen LogP contribution in [-0.2, 0) is 16.6 Å². The van der Waals surface area contributed by atoms with Gasteiger partial charge in [0.1, 0.15) is 11.9 Å². The topological polar surface area (TPSA) is 124 Å². The molecule has 3 aromatic heterocycles. The van der Waals surface area contributed by atoms with Gasteiger partial charge in [-0.3, -0.25) is 20.1 Å². The highest BCUT2D eigenvalue weighted by atomic mass is 19.3. The molecule has 3 heterocycles. The van der Waals surface area contributed by atoms with Gasteiger partial charge in [-0.25, -0.2) is 22.6 Å². The van der Waals surface area contributed by atoms with Crippen molar-refractivity contribution in [3.05, 3.63) is 47.7 Å². The molecule has 1 fully saturated rings. The Balaban J connectivity index is 1.42. The number of halogens is 3. The van der Waals surface area contributed by atoms with Gasteiger partial charge in [0.05, 0.1) is 23.8 Å². The number of nitrogens with zero attached hydrogens (tertiary/aromatic N) is 5. The fourth-order valence-corrected chi connectivity index (χ4v) is 3.65. The van der Waals surface area contributed by atoms with Crippen LogP contribution in [0.1, 0.15) is 37.1 Å². The molecule has 10 nitrogen and oxygen atoms in total. The second-order valence-corrected chi connectivity index (χ2v) is 8.29. The summed E-state index contributed by atoms with van der Waals surface area (Å²) in [7, 11) is 1.55. The smallest absolute Gasteiger partial charge is 0.413 e. The fourth-order valence-electron chi connectivity index (χ4n) is 3.65. The third kappa shape index (κ3) is 5.39. The van der Waals surface area contributed by atoms with Crippen molar-refractivity contribution in [2.75, 3.05) is 10.6 Å². The number of rotatable bonds is 6. The summed E-state index contributed by atoms with van der Waals surface area (Å²) in [5, 5.41) is 13.0. The number of nitrogens with one attached hydrogen (secondary N) is 2. The van der Waals surface area contributed by atoms with Crippen molar-refractivity contribution in [2.45, 2.75) is 38.7 Å².